The van der Waals surface area contributed by atoms with E-state index in [9.17, 15) is 4.79 Å². The van der Waals surface area contributed by atoms with E-state index in [-0.39, 0.29) is 30.1 Å². The average molecular weight is 626 g/mol. The summed E-state index contributed by atoms with van der Waals surface area (Å²) in [5, 5.41) is 6.54. The van der Waals surface area contributed by atoms with Crippen molar-refractivity contribution in [2.75, 3.05) is 65.1 Å². The van der Waals surface area contributed by atoms with E-state index < -0.39 is 5.41 Å². The minimum Gasteiger partial charge on any atom is -0.490 e. The summed E-state index contributed by atoms with van der Waals surface area (Å²) in [6.07, 6.45) is 2.69. The van der Waals surface area contributed by atoms with Crippen molar-refractivity contribution in [3.05, 3.63) is 59.2 Å². The van der Waals surface area contributed by atoms with Gasteiger partial charge in [-0.2, -0.15) is 0 Å². The number of amides is 1. The van der Waals surface area contributed by atoms with Crippen LogP contribution in [0.4, 0.5) is 5.69 Å². The number of nitrogens with zero attached hydrogens (tertiary/aromatic N) is 1. The molecule has 0 spiro atoms. The minimum atomic E-state index is -0.467. The van der Waals surface area contributed by atoms with Crippen molar-refractivity contribution >= 4 is 11.6 Å². The Kier molecular flexibility index (Phi) is 13.5. The SMILES string of the molecule is CCO[C@H](C)COCc1ccc([C@H]2CC(CC(C)(C)C(=O)NC)NC[C@@H]2OCc2ccc3c(c2)N(CCCOC)CCO3)cc1. The fourth-order valence-corrected chi connectivity index (χ4v) is 6.47. The van der Waals surface area contributed by atoms with Gasteiger partial charge in [-0.1, -0.05) is 44.2 Å². The van der Waals surface area contributed by atoms with E-state index in [1.165, 1.54) is 5.56 Å². The van der Waals surface area contributed by atoms with Crippen LogP contribution < -0.4 is 20.3 Å². The molecule has 0 aliphatic carbocycles. The molecule has 1 fully saturated rings. The number of anilines is 1. The van der Waals surface area contributed by atoms with Crippen LogP contribution in [0.25, 0.3) is 0 Å². The number of rotatable bonds is 17. The van der Waals surface area contributed by atoms with Gasteiger partial charge in [-0.25, -0.2) is 0 Å². The molecular formula is C36H55N3O6. The maximum atomic E-state index is 12.6. The van der Waals surface area contributed by atoms with Crippen molar-refractivity contribution in [1.29, 1.82) is 0 Å². The Morgan fingerprint density at radius 2 is 1.93 bits per heavy atom. The lowest BCUT2D eigenvalue weighted by Crippen LogP contribution is -2.50. The van der Waals surface area contributed by atoms with E-state index in [0.717, 1.165) is 68.1 Å². The van der Waals surface area contributed by atoms with Crippen LogP contribution in [0.3, 0.4) is 0 Å². The predicted octanol–water partition coefficient (Wildman–Crippen LogP) is 5.06. The lowest BCUT2D eigenvalue weighted by Gasteiger charge is -2.40. The van der Waals surface area contributed by atoms with Crippen LogP contribution in [0.15, 0.2) is 42.5 Å². The van der Waals surface area contributed by atoms with Gasteiger partial charge in [-0.05, 0) is 61.9 Å². The fourth-order valence-electron chi connectivity index (χ4n) is 6.47. The highest BCUT2D eigenvalue weighted by Gasteiger charge is 2.37. The zero-order valence-corrected chi connectivity index (χ0v) is 28.2. The molecule has 0 saturated carbocycles. The van der Waals surface area contributed by atoms with Gasteiger partial charge in [0, 0.05) is 57.8 Å². The normalized spacial score (nSPS) is 20.8. The van der Waals surface area contributed by atoms with Crippen molar-refractivity contribution in [3.8, 4) is 5.75 Å². The summed E-state index contributed by atoms with van der Waals surface area (Å²) in [5.41, 5.74) is 4.18. The van der Waals surface area contributed by atoms with E-state index in [1.807, 2.05) is 27.7 Å². The predicted molar refractivity (Wildman–Crippen MR) is 178 cm³/mol. The van der Waals surface area contributed by atoms with Crippen LogP contribution in [0.2, 0.25) is 0 Å². The lowest BCUT2D eigenvalue weighted by molar-refractivity contribution is -0.129. The molecule has 1 saturated heterocycles. The summed E-state index contributed by atoms with van der Waals surface area (Å²) in [6.45, 7) is 14.4. The molecule has 0 radical (unpaired) electrons. The van der Waals surface area contributed by atoms with Gasteiger partial charge in [0.1, 0.15) is 12.4 Å². The molecule has 2 aromatic rings. The third-order valence-corrected chi connectivity index (χ3v) is 8.90. The first kappa shape index (κ1) is 35.2. The zero-order valence-electron chi connectivity index (χ0n) is 28.2. The second kappa shape index (κ2) is 17.3. The number of ether oxygens (including phenoxy) is 5. The summed E-state index contributed by atoms with van der Waals surface area (Å²) < 4.78 is 29.4. The molecule has 250 valence electrons. The summed E-state index contributed by atoms with van der Waals surface area (Å²) in [4.78, 5) is 15.0. The second-order valence-electron chi connectivity index (χ2n) is 13.0. The number of methoxy groups -OCH3 is 1. The Hall–Kier alpha value is -2.69. The number of nitrogens with one attached hydrogen (secondary N) is 2. The van der Waals surface area contributed by atoms with Crippen LogP contribution in [0, 0.1) is 5.41 Å². The molecule has 2 aliphatic rings. The molecule has 0 aromatic heterocycles. The summed E-state index contributed by atoms with van der Waals surface area (Å²) >= 11 is 0. The van der Waals surface area contributed by atoms with Gasteiger partial charge >= 0.3 is 0 Å². The van der Waals surface area contributed by atoms with Gasteiger partial charge < -0.3 is 39.2 Å². The van der Waals surface area contributed by atoms with Gasteiger partial charge in [0.05, 0.1) is 44.3 Å². The monoisotopic (exact) mass is 625 g/mol. The first-order valence-corrected chi connectivity index (χ1v) is 16.6. The molecule has 1 amide bonds. The van der Waals surface area contributed by atoms with Gasteiger partial charge in [-0.15, -0.1) is 0 Å². The smallest absolute Gasteiger partial charge is 0.225 e. The molecule has 9 nitrogen and oxygen atoms in total. The molecular weight excluding hydrogens is 570 g/mol. The van der Waals surface area contributed by atoms with Gasteiger partial charge in [-0.3, -0.25) is 4.79 Å². The highest BCUT2D eigenvalue weighted by molar-refractivity contribution is 5.81. The molecule has 0 bridgehead atoms. The third kappa shape index (κ3) is 10.1. The molecule has 2 heterocycles. The summed E-state index contributed by atoms with van der Waals surface area (Å²) in [6, 6.07) is 15.3. The minimum absolute atomic E-state index is 0.0106. The Balaban J connectivity index is 1.45. The highest BCUT2D eigenvalue weighted by atomic mass is 16.5. The average Bonchev–Trinajstić information content (AvgIpc) is 3.04. The number of hydrogen-bond acceptors (Lipinski definition) is 8. The van der Waals surface area contributed by atoms with Crippen molar-refractivity contribution in [2.45, 2.75) is 84.3 Å². The maximum absolute atomic E-state index is 12.6. The topological polar surface area (TPSA) is 90.5 Å². The first-order chi connectivity index (χ1) is 21.7. The van der Waals surface area contributed by atoms with Gasteiger partial charge in [0.15, 0.2) is 0 Å². The van der Waals surface area contributed by atoms with Crippen LogP contribution in [0.1, 0.15) is 69.6 Å². The summed E-state index contributed by atoms with van der Waals surface area (Å²) in [7, 11) is 3.45. The van der Waals surface area contributed by atoms with E-state index in [4.69, 9.17) is 23.7 Å². The van der Waals surface area contributed by atoms with Crippen LogP contribution in [-0.4, -0.2) is 84.4 Å². The molecule has 2 aromatic carbocycles. The maximum Gasteiger partial charge on any atom is 0.225 e. The Morgan fingerprint density at radius 3 is 2.67 bits per heavy atom. The molecule has 1 unspecified atom stereocenters. The molecule has 2 aliphatic heterocycles. The number of hydrogen-bond donors (Lipinski definition) is 2. The van der Waals surface area contributed by atoms with E-state index in [2.05, 4.69) is 58.0 Å². The van der Waals surface area contributed by atoms with Gasteiger partial charge in [0.25, 0.3) is 0 Å². The van der Waals surface area contributed by atoms with Crippen molar-refractivity contribution in [2.24, 2.45) is 5.41 Å². The third-order valence-electron chi connectivity index (χ3n) is 8.90. The molecule has 4 rings (SSSR count). The van der Waals surface area contributed by atoms with E-state index in [0.29, 0.717) is 33.0 Å². The molecule has 2 N–H and O–H groups in total. The number of fused-ring (bicyclic) bond motifs is 1. The van der Waals surface area contributed by atoms with Crippen molar-refractivity contribution in [1.82, 2.24) is 10.6 Å². The molecule has 9 heteroatoms. The van der Waals surface area contributed by atoms with Gasteiger partial charge in [0.2, 0.25) is 5.91 Å². The zero-order chi connectivity index (χ0) is 32.2. The number of carbonyl (C=O) groups excluding carboxylic acids is 1. The van der Waals surface area contributed by atoms with E-state index in [1.54, 1.807) is 14.2 Å². The summed E-state index contributed by atoms with van der Waals surface area (Å²) in [5.74, 6) is 1.18. The Morgan fingerprint density at radius 1 is 1.16 bits per heavy atom. The number of piperidine rings is 1. The number of carbonyl (C=O) groups is 1. The van der Waals surface area contributed by atoms with Crippen molar-refractivity contribution < 1.29 is 28.5 Å². The highest BCUT2D eigenvalue weighted by Crippen LogP contribution is 2.36. The standard InChI is InChI=1S/C36H55N3O6/c1-7-43-26(2)23-42-24-27-9-12-29(13-10-27)31-20-30(21-36(3,4)35(40)37-5)38-22-34(31)45-25-28-11-14-33-32(19-28)39(16-18-44-33)15-8-17-41-6/h9-14,19,26,30-31,34,38H,7-8,15-18,20-25H2,1-6H3,(H,37,40)/t26-,30?,31-,34+/m1/s1. The van der Waals surface area contributed by atoms with Crippen LogP contribution >= 0.6 is 0 Å². The Labute approximate surface area is 270 Å². The Bertz CT molecular complexity index is 1190. The second-order valence-corrected chi connectivity index (χ2v) is 13.0. The quantitative estimate of drug-likeness (QED) is 0.236. The largest absolute Gasteiger partial charge is 0.490 e. The van der Waals surface area contributed by atoms with Crippen LogP contribution in [0.5, 0.6) is 5.75 Å². The molecule has 4 atom stereocenters. The van der Waals surface area contributed by atoms with Crippen molar-refractivity contribution in [3.63, 3.8) is 0 Å². The lowest BCUT2D eigenvalue weighted by atomic mass is 9.77. The fraction of sp³-hybridized carbons (Fsp3) is 0.639. The molecule has 45 heavy (non-hydrogen) atoms. The van der Waals surface area contributed by atoms with E-state index >= 15 is 0 Å². The number of benzene rings is 2. The van der Waals surface area contributed by atoms with Crippen LogP contribution in [-0.2, 0) is 37.0 Å². The first-order valence-electron chi connectivity index (χ1n) is 16.6.